The van der Waals surface area contributed by atoms with E-state index in [-0.39, 0.29) is 0 Å². The molecule has 0 unspecified atom stereocenters. The first-order chi connectivity index (χ1) is 11.6. The molecule has 24 heavy (non-hydrogen) atoms. The Morgan fingerprint density at radius 2 is 1.00 bits per heavy atom. The van der Waals surface area contributed by atoms with Gasteiger partial charge in [0.2, 0.25) is 11.8 Å². The van der Waals surface area contributed by atoms with Crippen molar-refractivity contribution in [2.75, 3.05) is 0 Å². The monoisotopic (exact) mass is 316 g/mol. The van der Waals surface area contributed by atoms with Gasteiger partial charge in [0.1, 0.15) is 0 Å². The van der Waals surface area contributed by atoms with Gasteiger partial charge in [0.25, 0.3) is 0 Å². The van der Waals surface area contributed by atoms with E-state index in [0.29, 0.717) is 11.1 Å². The van der Waals surface area contributed by atoms with Crippen LogP contribution in [0.2, 0.25) is 0 Å². The Kier molecular flexibility index (Phi) is 4.12. The molecule has 0 aromatic heterocycles. The second-order valence-corrected chi connectivity index (χ2v) is 5.40. The lowest BCUT2D eigenvalue weighted by Crippen LogP contribution is -2.12. The number of hydrogen-bond acceptors (Lipinski definition) is 2. The van der Waals surface area contributed by atoms with Crippen LogP contribution in [0.15, 0.2) is 72.8 Å². The Balaban J connectivity index is 2.16. The van der Waals surface area contributed by atoms with Gasteiger partial charge < -0.3 is 11.5 Å². The largest absolute Gasteiger partial charge is 0.366 e. The van der Waals surface area contributed by atoms with E-state index in [9.17, 15) is 9.59 Å². The Bertz CT molecular complexity index is 859. The summed E-state index contributed by atoms with van der Waals surface area (Å²) in [6.07, 6.45) is 0. The fraction of sp³-hybridized carbons (Fsp3) is 0. The quantitative estimate of drug-likeness (QED) is 0.774. The molecular formula is C20H16N2O2. The Morgan fingerprint density at radius 1 is 0.583 bits per heavy atom. The Hall–Kier alpha value is -3.40. The van der Waals surface area contributed by atoms with E-state index in [2.05, 4.69) is 0 Å². The van der Waals surface area contributed by atoms with Gasteiger partial charge in [0.05, 0.1) is 0 Å². The van der Waals surface area contributed by atoms with Gasteiger partial charge in [-0.25, -0.2) is 0 Å². The average molecular weight is 316 g/mol. The van der Waals surface area contributed by atoms with Crippen molar-refractivity contribution >= 4 is 11.8 Å². The third-order valence-electron chi connectivity index (χ3n) is 3.87. The minimum atomic E-state index is -0.478. The summed E-state index contributed by atoms with van der Waals surface area (Å²) >= 11 is 0. The van der Waals surface area contributed by atoms with Crippen LogP contribution in [0.3, 0.4) is 0 Å². The topological polar surface area (TPSA) is 86.2 Å². The Labute approximate surface area is 139 Å². The van der Waals surface area contributed by atoms with Crippen LogP contribution in [0.5, 0.6) is 0 Å². The molecule has 0 saturated carbocycles. The summed E-state index contributed by atoms with van der Waals surface area (Å²) in [6.45, 7) is 0. The van der Waals surface area contributed by atoms with E-state index in [1.54, 1.807) is 24.3 Å². The zero-order valence-corrected chi connectivity index (χ0v) is 12.9. The van der Waals surface area contributed by atoms with E-state index >= 15 is 0 Å². The van der Waals surface area contributed by atoms with Crippen molar-refractivity contribution in [3.8, 4) is 22.3 Å². The van der Waals surface area contributed by atoms with Crippen LogP contribution in [0.1, 0.15) is 20.7 Å². The molecule has 0 radical (unpaired) electrons. The first-order valence-electron chi connectivity index (χ1n) is 7.46. The molecule has 2 amide bonds. The van der Waals surface area contributed by atoms with Crippen molar-refractivity contribution in [1.29, 1.82) is 0 Å². The van der Waals surface area contributed by atoms with E-state index < -0.39 is 11.8 Å². The molecule has 0 heterocycles. The molecule has 118 valence electrons. The van der Waals surface area contributed by atoms with Gasteiger partial charge in [-0.3, -0.25) is 9.59 Å². The summed E-state index contributed by atoms with van der Waals surface area (Å²) in [5, 5.41) is 0. The van der Waals surface area contributed by atoms with E-state index in [0.717, 1.165) is 22.3 Å². The minimum absolute atomic E-state index is 0.456. The number of carbonyl (C=O) groups excluding carboxylic acids is 2. The van der Waals surface area contributed by atoms with Crippen molar-refractivity contribution in [3.63, 3.8) is 0 Å². The number of rotatable bonds is 4. The third kappa shape index (κ3) is 2.90. The summed E-state index contributed by atoms with van der Waals surface area (Å²) in [5.41, 5.74) is 15.0. The number of hydrogen-bond donors (Lipinski definition) is 2. The van der Waals surface area contributed by atoms with Gasteiger partial charge in [-0.05, 0) is 40.5 Å². The van der Waals surface area contributed by atoms with Gasteiger partial charge in [-0.2, -0.15) is 0 Å². The van der Waals surface area contributed by atoms with Gasteiger partial charge in [0, 0.05) is 11.1 Å². The summed E-state index contributed by atoms with van der Waals surface area (Å²) < 4.78 is 0. The first-order valence-corrected chi connectivity index (χ1v) is 7.46. The number of benzene rings is 3. The molecular weight excluding hydrogens is 300 g/mol. The van der Waals surface area contributed by atoms with Crippen molar-refractivity contribution in [2.45, 2.75) is 0 Å². The van der Waals surface area contributed by atoms with E-state index in [4.69, 9.17) is 11.5 Å². The van der Waals surface area contributed by atoms with Crippen molar-refractivity contribution < 1.29 is 9.59 Å². The maximum absolute atomic E-state index is 11.7. The molecule has 0 saturated heterocycles. The molecule has 3 rings (SSSR count). The molecule has 0 aliphatic carbocycles. The molecule has 4 N–H and O–H groups in total. The third-order valence-corrected chi connectivity index (χ3v) is 3.87. The number of primary amides is 2. The van der Waals surface area contributed by atoms with Crippen molar-refractivity contribution in [2.24, 2.45) is 11.5 Å². The summed E-state index contributed by atoms with van der Waals surface area (Å²) in [6, 6.07) is 21.9. The summed E-state index contributed by atoms with van der Waals surface area (Å²) in [5.74, 6) is -0.956. The lowest BCUT2D eigenvalue weighted by atomic mass is 9.93. The van der Waals surface area contributed by atoms with Crippen molar-refractivity contribution in [3.05, 3.63) is 83.9 Å². The summed E-state index contributed by atoms with van der Waals surface area (Å²) in [4.78, 5) is 23.3. The van der Waals surface area contributed by atoms with Crippen molar-refractivity contribution in [1.82, 2.24) is 0 Å². The fourth-order valence-electron chi connectivity index (χ4n) is 2.75. The highest BCUT2D eigenvalue weighted by molar-refractivity contribution is 6.01. The molecule has 3 aromatic rings. The molecule has 0 atom stereocenters. The second kappa shape index (κ2) is 6.38. The lowest BCUT2D eigenvalue weighted by Gasteiger charge is -2.11. The first kappa shape index (κ1) is 15.5. The predicted octanol–water partition coefficient (Wildman–Crippen LogP) is 3.22. The van der Waals surface area contributed by atoms with Crippen LogP contribution in [0.25, 0.3) is 22.3 Å². The maximum atomic E-state index is 11.7. The fourth-order valence-corrected chi connectivity index (χ4v) is 2.75. The SMILES string of the molecule is NC(=O)c1ccccc1-c1cccc(-c2ccccc2C(N)=O)c1. The predicted molar refractivity (Wildman–Crippen MR) is 94.3 cm³/mol. The molecule has 0 aliphatic rings. The molecule has 4 heteroatoms. The number of nitrogens with two attached hydrogens (primary N) is 2. The highest BCUT2D eigenvalue weighted by Crippen LogP contribution is 2.30. The summed E-state index contributed by atoms with van der Waals surface area (Å²) in [7, 11) is 0. The molecule has 4 nitrogen and oxygen atoms in total. The Morgan fingerprint density at radius 3 is 1.42 bits per heavy atom. The molecule has 0 spiro atoms. The number of carbonyl (C=O) groups is 2. The standard InChI is InChI=1S/C20H16N2O2/c21-19(23)17-10-3-1-8-15(17)13-6-5-7-14(12-13)16-9-2-4-11-18(16)20(22)24/h1-12H,(H2,21,23)(H2,22,24). The van der Waals surface area contributed by atoms with Crippen LogP contribution in [-0.2, 0) is 0 Å². The van der Waals surface area contributed by atoms with E-state index in [1.807, 2.05) is 48.5 Å². The second-order valence-electron chi connectivity index (χ2n) is 5.40. The molecule has 0 fully saturated rings. The average Bonchev–Trinajstić information content (AvgIpc) is 2.61. The van der Waals surface area contributed by atoms with Gasteiger partial charge in [-0.1, -0.05) is 54.6 Å². The van der Waals surface area contributed by atoms with Crippen LogP contribution in [0, 0.1) is 0 Å². The molecule has 0 bridgehead atoms. The van der Waals surface area contributed by atoms with Crippen LogP contribution >= 0.6 is 0 Å². The zero-order valence-electron chi connectivity index (χ0n) is 12.9. The minimum Gasteiger partial charge on any atom is -0.366 e. The molecule has 3 aromatic carbocycles. The highest BCUT2D eigenvalue weighted by atomic mass is 16.1. The number of amides is 2. The zero-order chi connectivity index (χ0) is 17.1. The lowest BCUT2D eigenvalue weighted by molar-refractivity contribution is 0.0992. The maximum Gasteiger partial charge on any atom is 0.249 e. The van der Waals surface area contributed by atoms with Gasteiger partial charge in [-0.15, -0.1) is 0 Å². The molecule has 0 aliphatic heterocycles. The van der Waals surface area contributed by atoms with Crippen LogP contribution in [-0.4, -0.2) is 11.8 Å². The van der Waals surface area contributed by atoms with Crippen LogP contribution in [0.4, 0.5) is 0 Å². The van der Waals surface area contributed by atoms with Gasteiger partial charge in [0.15, 0.2) is 0 Å². The van der Waals surface area contributed by atoms with Crippen LogP contribution < -0.4 is 11.5 Å². The van der Waals surface area contributed by atoms with Gasteiger partial charge >= 0.3 is 0 Å². The smallest absolute Gasteiger partial charge is 0.249 e. The van der Waals surface area contributed by atoms with E-state index in [1.165, 1.54) is 0 Å². The highest BCUT2D eigenvalue weighted by Gasteiger charge is 2.12. The normalized spacial score (nSPS) is 10.3.